The van der Waals surface area contributed by atoms with Gasteiger partial charge in [0.1, 0.15) is 18.2 Å². The molecule has 0 aliphatic heterocycles. The van der Waals surface area contributed by atoms with Crippen molar-refractivity contribution in [2.24, 2.45) is 5.10 Å². The third-order valence-corrected chi connectivity index (χ3v) is 3.99. The molecule has 0 aliphatic rings. The molecule has 0 radical (unpaired) electrons. The summed E-state index contributed by atoms with van der Waals surface area (Å²) in [4.78, 5) is 0. The highest BCUT2D eigenvalue weighted by molar-refractivity contribution is 5.81. The molecule has 3 rings (SSSR count). The Balaban J connectivity index is 1.62. The van der Waals surface area contributed by atoms with Crippen molar-refractivity contribution in [2.75, 3.05) is 19.6 Å². The van der Waals surface area contributed by atoms with Gasteiger partial charge in [0.15, 0.2) is 11.5 Å². The van der Waals surface area contributed by atoms with Gasteiger partial charge >= 0.3 is 0 Å². The molecule has 0 amide bonds. The molecule has 0 fully saturated rings. The van der Waals surface area contributed by atoms with Crippen molar-refractivity contribution in [2.45, 2.75) is 6.61 Å². The summed E-state index contributed by atoms with van der Waals surface area (Å²) < 4.78 is 29.3. The maximum atomic E-state index is 12.9. The molecule has 0 saturated heterocycles. The Labute approximate surface area is 163 Å². The van der Waals surface area contributed by atoms with Crippen LogP contribution in [0.25, 0.3) is 0 Å². The number of nitrogens with one attached hydrogen (secondary N) is 1. The van der Waals surface area contributed by atoms with Crippen LogP contribution in [0.4, 0.5) is 10.1 Å². The highest BCUT2D eigenvalue weighted by Gasteiger charge is 2.06. The SMILES string of the molecule is COc1ccc(COc2ccc(C=NNc3ccc(F)cc3)cc2OC)cc1. The second-order valence-electron chi connectivity index (χ2n) is 5.92. The van der Waals surface area contributed by atoms with E-state index < -0.39 is 0 Å². The van der Waals surface area contributed by atoms with Crippen molar-refractivity contribution >= 4 is 11.9 Å². The first-order valence-corrected chi connectivity index (χ1v) is 8.66. The summed E-state index contributed by atoms with van der Waals surface area (Å²) in [6.07, 6.45) is 1.65. The minimum Gasteiger partial charge on any atom is -0.497 e. The van der Waals surface area contributed by atoms with Crippen molar-refractivity contribution in [1.29, 1.82) is 0 Å². The zero-order chi connectivity index (χ0) is 19.8. The van der Waals surface area contributed by atoms with E-state index in [-0.39, 0.29) is 5.82 Å². The molecule has 0 atom stereocenters. The predicted molar refractivity (Wildman–Crippen MR) is 108 cm³/mol. The first-order chi connectivity index (χ1) is 13.7. The lowest BCUT2D eigenvalue weighted by atomic mass is 10.2. The molecule has 3 aromatic rings. The van der Waals surface area contributed by atoms with Crippen molar-refractivity contribution in [3.8, 4) is 17.2 Å². The van der Waals surface area contributed by atoms with Gasteiger partial charge in [0.05, 0.1) is 26.1 Å². The van der Waals surface area contributed by atoms with Gasteiger partial charge in [0, 0.05) is 0 Å². The summed E-state index contributed by atoms with van der Waals surface area (Å²) in [6.45, 7) is 0.417. The second kappa shape index (κ2) is 9.41. The van der Waals surface area contributed by atoms with Crippen LogP contribution >= 0.6 is 0 Å². The molecular weight excluding hydrogens is 359 g/mol. The zero-order valence-electron chi connectivity index (χ0n) is 15.7. The summed E-state index contributed by atoms with van der Waals surface area (Å²) in [5, 5.41) is 4.15. The van der Waals surface area contributed by atoms with E-state index in [1.54, 1.807) is 32.6 Å². The number of anilines is 1. The Morgan fingerprint density at radius 1 is 0.893 bits per heavy atom. The van der Waals surface area contributed by atoms with Gasteiger partial charge in [-0.1, -0.05) is 12.1 Å². The van der Waals surface area contributed by atoms with Gasteiger partial charge in [0.25, 0.3) is 0 Å². The number of rotatable bonds is 8. The van der Waals surface area contributed by atoms with Crippen LogP contribution in [0.5, 0.6) is 17.2 Å². The molecule has 1 N–H and O–H groups in total. The average molecular weight is 380 g/mol. The summed E-state index contributed by atoms with van der Waals surface area (Å²) in [7, 11) is 3.23. The number of nitrogens with zero attached hydrogens (tertiary/aromatic N) is 1. The third kappa shape index (κ3) is 5.23. The molecule has 144 valence electrons. The largest absolute Gasteiger partial charge is 0.497 e. The van der Waals surface area contributed by atoms with E-state index in [1.807, 2.05) is 42.5 Å². The summed E-state index contributed by atoms with van der Waals surface area (Å²) in [5.74, 6) is 1.77. The van der Waals surface area contributed by atoms with Crippen LogP contribution in [0.1, 0.15) is 11.1 Å². The van der Waals surface area contributed by atoms with Crippen LogP contribution in [0.3, 0.4) is 0 Å². The molecule has 0 bridgehead atoms. The Bertz CT molecular complexity index is 926. The van der Waals surface area contributed by atoms with Gasteiger partial charge in [-0.05, 0) is 65.7 Å². The van der Waals surface area contributed by atoms with Crippen LogP contribution in [-0.2, 0) is 6.61 Å². The fourth-order valence-electron chi connectivity index (χ4n) is 2.47. The van der Waals surface area contributed by atoms with E-state index in [4.69, 9.17) is 14.2 Å². The van der Waals surface area contributed by atoms with Crippen molar-refractivity contribution in [3.63, 3.8) is 0 Å². The monoisotopic (exact) mass is 380 g/mol. The topological polar surface area (TPSA) is 52.1 Å². The molecule has 0 aromatic heterocycles. The lowest BCUT2D eigenvalue weighted by Crippen LogP contribution is -1.99. The average Bonchev–Trinajstić information content (AvgIpc) is 2.74. The lowest BCUT2D eigenvalue weighted by molar-refractivity contribution is 0.284. The number of hydrogen-bond donors (Lipinski definition) is 1. The lowest BCUT2D eigenvalue weighted by Gasteiger charge is -2.11. The summed E-state index contributed by atoms with van der Waals surface area (Å²) in [6, 6.07) is 19.2. The van der Waals surface area contributed by atoms with Gasteiger partial charge in [0.2, 0.25) is 0 Å². The molecule has 0 aliphatic carbocycles. The fourth-order valence-corrected chi connectivity index (χ4v) is 2.47. The first kappa shape index (κ1) is 19.2. The van der Waals surface area contributed by atoms with Gasteiger partial charge in [-0.15, -0.1) is 0 Å². The molecule has 0 spiro atoms. The fraction of sp³-hybridized carbons (Fsp3) is 0.136. The number of benzene rings is 3. The Hall–Kier alpha value is -3.54. The van der Waals surface area contributed by atoms with Crippen LogP contribution in [0.15, 0.2) is 71.8 Å². The second-order valence-corrected chi connectivity index (χ2v) is 5.92. The van der Waals surface area contributed by atoms with E-state index in [9.17, 15) is 4.39 Å². The molecule has 0 heterocycles. The zero-order valence-corrected chi connectivity index (χ0v) is 15.7. The first-order valence-electron chi connectivity index (χ1n) is 8.66. The smallest absolute Gasteiger partial charge is 0.161 e. The molecule has 5 nitrogen and oxygen atoms in total. The third-order valence-electron chi connectivity index (χ3n) is 3.99. The molecule has 0 saturated carbocycles. The molecule has 3 aromatic carbocycles. The van der Waals surface area contributed by atoms with E-state index >= 15 is 0 Å². The molecule has 0 unspecified atom stereocenters. The quantitative estimate of drug-likeness (QED) is 0.448. The number of halogens is 1. The summed E-state index contributed by atoms with van der Waals surface area (Å²) in [5.41, 5.74) is 5.41. The normalized spacial score (nSPS) is 10.7. The van der Waals surface area contributed by atoms with E-state index in [0.29, 0.717) is 23.8 Å². The van der Waals surface area contributed by atoms with Crippen LogP contribution < -0.4 is 19.6 Å². The highest BCUT2D eigenvalue weighted by atomic mass is 19.1. The Kier molecular flexibility index (Phi) is 6.46. The van der Waals surface area contributed by atoms with Crippen molar-refractivity contribution in [3.05, 3.63) is 83.7 Å². The van der Waals surface area contributed by atoms with Crippen LogP contribution in [0, 0.1) is 5.82 Å². The van der Waals surface area contributed by atoms with Crippen molar-refractivity contribution in [1.82, 2.24) is 0 Å². The molecule has 6 heteroatoms. The van der Waals surface area contributed by atoms with Crippen LogP contribution in [-0.4, -0.2) is 20.4 Å². The highest BCUT2D eigenvalue weighted by Crippen LogP contribution is 2.28. The number of hydrogen-bond acceptors (Lipinski definition) is 5. The van der Waals surface area contributed by atoms with Gasteiger partial charge in [-0.2, -0.15) is 5.10 Å². The standard InChI is InChI=1S/C22H21FN2O3/c1-26-20-10-3-16(4-11-20)15-28-21-12-5-17(13-22(21)27-2)14-24-25-19-8-6-18(23)7-9-19/h3-14,25H,15H2,1-2H3. The van der Waals surface area contributed by atoms with Gasteiger partial charge in [-0.3, -0.25) is 5.43 Å². The maximum absolute atomic E-state index is 12.9. The van der Waals surface area contributed by atoms with Crippen molar-refractivity contribution < 1.29 is 18.6 Å². The van der Waals surface area contributed by atoms with Gasteiger partial charge < -0.3 is 14.2 Å². The van der Waals surface area contributed by atoms with E-state index in [1.165, 1.54) is 12.1 Å². The Morgan fingerprint density at radius 2 is 1.64 bits per heavy atom. The van der Waals surface area contributed by atoms with E-state index in [0.717, 1.165) is 16.9 Å². The number of hydrazone groups is 1. The summed E-state index contributed by atoms with van der Waals surface area (Å²) >= 11 is 0. The van der Waals surface area contributed by atoms with Gasteiger partial charge in [-0.25, -0.2) is 4.39 Å². The molecular formula is C22H21FN2O3. The minimum absolute atomic E-state index is 0.288. The predicted octanol–water partition coefficient (Wildman–Crippen LogP) is 4.87. The molecule has 28 heavy (non-hydrogen) atoms. The van der Waals surface area contributed by atoms with E-state index in [2.05, 4.69) is 10.5 Å². The van der Waals surface area contributed by atoms with Crippen LogP contribution in [0.2, 0.25) is 0 Å². The number of ether oxygens (including phenoxy) is 3. The maximum Gasteiger partial charge on any atom is 0.161 e. The number of methoxy groups -OCH3 is 2. The minimum atomic E-state index is -0.288. The Morgan fingerprint density at radius 3 is 2.32 bits per heavy atom.